The van der Waals surface area contributed by atoms with E-state index in [4.69, 9.17) is 15.6 Å². The van der Waals surface area contributed by atoms with Gasteiger partial charge in [-0.05, 0) is 66.8 Å². The van der Waals surface area contributed by atoms with Gasteiger partial charge >= 0.3 is 0 Å². The Kier molecular flexibility index (Phi) is 6.05. The number of benzene rings is 2. The Bertz CT molecular complexity index is 1250. The summed E-state index contributed by atoms with van der Waals surface area (Å²) in [6.07, 6.45) is 1.68. The molecule has 33 heavy (non-hydrogen) atoms. The third-order valence-electron chi connectivity index (χ3n) is 5.76. The minimum absolute atomic E-state index is 0.0110. The molecule has 5 rings (SSSR count). The molecule has 2 N–H and O–H groups in total. The van der Waals surface area contributed by atoms with Crippen molar-refractivity contribution in [2.45, 2.75) is 25.7 Å². The van der Waals surface area contributed by atoms with Crippen LogP contribution in [0.1, 0.15) is 24.3 Å². The van der Waals surface area contributed by atoms with E-state index in [0.29, 0.717) is 13.0 Å². The molecule has 4 aromatic rings. The third kappa shape index (κ3) is 4.46. The number of rotatable bonds is 6. The molecule has 168 valence electrons. The number of carbonyl (C=O) groups is 1. The van der Waals surface area contributed by atoms with Crippen LogP contribution in [0, 0.1) is 0 Å². The van der Waals surface area contributed by atoms with Gasteiger partial charge in [0.1, 0.15) is 11.8 Å². The fourth-order valence-corrected chi connectivity index (χ4v) is 4.90. The van der Waals surface area contributed by atoms with E-state index in [1.165, 1.54) is 0 Å². The summed E-state index contributed by atoms with van der Waals surface area (Å²) in [6.45, 7) is 2.35. The number of anilines is 1. The molecule has 0 radical (unpaired) electrons. The lowest BCUT2D eigenvalue weighted by atomic mass is 10.1. The molecular weight excluding hydrogens is 500 g/mol. The van der Waals surface area contributed by atoms with Crippen LogP contribution >= 0.6 is 27.3 Å². The minimum atomic E-state index is -0.507. The molecular formula is C25H23BrN4O2S. The number of nitrogens with two attached hydrogens (primary N) is 1. The van der Waals surface area contributed by atoms with Gasteiger partial charge in [-0.3, -0.25) is 4.79 Å². The van der Waals surface area contributed by atoms with Crippen LogP contribution in [0.25, 0.3) is 16.9 Å². The van der Waals surface area contributed by atoms with Gasteiger partial charge < -0.3 is 15.4 Å². The Labute approximate surface area is 204 Å². The fraction of sp³-hybridized carbons (Fsp3) is 0.200. The lowest BCUT2D eigenvalue weighted by Crippen LogP contribution is -2.32. The molecule has 0 aliphatic carbocycles. The van der Waals surface area contributed by atoms with Gasteiger partial charge in [0.2, 0.25) is 0 Å². The highest BCUT2D eigenvalue weighted by atomic mass is 79.9. The molecule has 6 nitrogen and oxygen atoms in total. The number of nitrogens with zero attached hydrogens (tertiary/aromatic N) is 3. The summed E-state index contributed by atoms with van der Waals surface area (Å²) >= 11 is 5.10. The topological polar surface area (TPSA) is 73.4 Å². The largest absolute Gasteiger partial charge is 0.399 e. The average Bonchev–Trinajstić information content (AvgIpc) is 3.54. The Hall–Kier alpha value is -2.94. The molecule has 1 amide bonds. The van der Waals surface area contributed by atoms with Crippen LogP contribution in [0.15, 0.2) is 76.0 Å². The normalized spacial score (nSPS) is 18.2. The van der Waals surface area contributed by atoms with Crippen molar-refractivity contribution < 1.29 is 9.53 Å². The zero-order valence-electron chi connectivity index (χ0n) is 18.0. The van der Waals surface area contributed by atoms with Crippen molar-refractivity contribution >= 4 is 38.9 Å². The van der Waals surface area contributed by atoms with Gasteiger partial charge in [-0.1, -0.05) is 28.1 Å². The molecule has 8 heteroatoms. The van der Waals surface area contributed by atoms with E-state index in [9.17, 15) is 4.79 Å². The number of hydrogen-bond donors (Lipinski definition) is 1. The van der Waals surface area contributed by atoms with Crippen LogP contribution in [0.2, 0.25) is 0 Å². The second kappa shape index (κ2) is 9.13. The van der Waals surface area contributed by atoms with Crippen LogP contribution in [0.3, 0.4) is 0 Å². The predicted molar refractivity (Wildman–Crippen MR) is 134 cm³/mol. The first kappa shape index (κ1) is 21.9. The van der Waals surface area contributed by atoms with Crippen molar-refractivity contribution in [2.24, 2.45) is 0 Å². The van der Waals surface area contributed by atoms with E-state index in [2.05, 4.69) is 21.3 Å². The van der Waals surface area contributed by atoms with Crippen LogP contribution in [-0.4, -0.2) is 33.2 Å². The summed E-state index contributed by atoms with van der Waals surface area (Å²) in [5, 5.41) is 8.98. The maximum absolute atomic E-state index is 13.0. The number of ether oxygens (including phenoxy) is 1. The summed E-state index contributed by atoms with van der Waals surface area (Å²) in [4.78, 5) is 14.8. The van der Waals surface area contributed by atoms with E-state index in [1.807, 2.05) is 82.7 Å². The smallest absolute Gasteiger partial charge is 0.253 e. The van der Waals surface area contributed by atoms with Crippen LogP contribution in [-0.2, 0) is 16.0 Å². The first-order chi connectivity index (χ1) is 16.0. The Morgan fingerprint density at radius 1 is 1.12 bits per heavy atom. The van der Waals surface area contributed by atoms with Crippen molar-refractivity contribution in [2.75, 3.05) is 12.3 Å². The molecule has 2 aromatic heterocycles. The molecule has 1 saturated heterocycles. The molecule has 0 bridgehead atoms. The van der Waals surface area contributed by atoms with Crippen molar-refractivity contribution in [3.05, 3.63) is 87.2 Å². The number of hydrogen-bond acceptors (Lipinski definition) is 5. The summed E-state index contributed by atoms with van der Waals surface area (Å²) in [7, 11) is 0. The SMILES string of the molecule is CC1OC(c2cn(-c3ccc(Br)cc3)nc2-c2ccsc2)N(CCc2ccc(N)cc2)C1=O. The van der Waals surface area contributed by atoms with Crippen LogP contribution in [0.4, 0.5) is 5.69 Å². The van der Waals surface area contributed by atoms with Gasteiger partial charge in [-0.25, -0.2) is 4.68 Å². The van der Waals surface area contributed by atoms with E-state index in [-0.39, 0.29) is 5.91 Å². The molecule has 2 aromatic carbocycles. The first-order valence-electron chi connectivity index (χ1n) is 10.7. The Morgan fingerprint density at radius 2 is 1.88 bits per heavy atom. The molecule has 2 atom stereocenters. The molecule has 1 fully saturated rings. The third-order valence-corrected chi connectivity index (χ3v) is 6.97. The molecule has 2 unspecified atom stereocenters. The molecule has 0 spiro atoms. The van der Waals surface area contributed by atoms with E-state index < -0.39 is 12.3 Å². The van der Waals surface area contributed by atoms with E-state index in [1.54, 1.807) is 11.3 Å². The number of halogens is 1. The van der Waals surface area contributed by atoms with Crippen molar-refractivity contribution in [1.29, 1.82) is 0 Å². The molecule has 1 aliphatic heterocycles. The van der Waals surface area contributed by atoms with Crippen molar-refractivity contribution in [1.82, 2.24) is 14.7 Å². The number of carbonyl (C=O) groups excluding carboxylic acids is 1. The van der Waals surface area contributed by atoms with Crippen LogP contribution < -0.4 is 5.73 Å². The average molecular weight is 523 g/mol. The maximum Gasteiger partial charge on any atom is 0.253 e. The standard InChI is InChI=1S/C25H23BrN4O2S/c1-16-24(31)29(12-10-17-2-6-20(27)7-3-17)25(32-16)22-14-30(21-8-4-19(26)5-9-21)28-23(22)18-11-13-33-15-18/h2-9,11,13-16,25H,10,12,27H2,1H3. The molecule has 3 heterocycles. The summed E-state index contributed by atoms with van der Waals surface area (Å²) < 4.78 is 9.04. The Morgan fingerprint density at radius 3 is 2.58 bits per heavy atom. The quantitative estimate of drug-likeness (QED) is 0.342. The monoisotopic (exact) mass is 522 g/mol. The predicted octanol–water partition coefficient (Wildman–Crippen LogP) is 5.43. The molecule has 1 aliphatic rings. The van der Waals surface area contributed by atoms with Gasteiger partial charge in [0, 0.05) is 39.4 Å². The highest BCUT2D eigenvalue weighted by molar-refractivity contribution is 9.10. The highest BCUT2D eigenvalue weighted by Gasteiger charge is 2.40. The summed E-state index contributed by atoms with van der Waals surface area (Å²) in [6, 6.07) is 17.8. The van der Waals surface area contributed by atoms with E-state index in [0.717, 1.165) is 38.2 Å². The summed E-state index contributed by atoms with van der Waals surface area (Å²) in [5.74, 6) is -0.0110. The van der Waals surface area contributed by atoms with Gasteiger partial charge in [-0.15, -0.1) is 0 Å². The van der Waals surface area contributed by atoms with Crippen LogP contribution in [0.5, 0.6) is 0 Å². The lowest BCUT2D eigenvalue weighted by molar-refractivity contribution is -0.130. The van der Waals surface area contributed by atoms with Gasteiger partial charge in [0.05, 0.1) is 5.69 Å². The van der Waals surface area contributed by atoms with Crippen molar-refractivity contribution in [3.8, 4) is 16.9 Å². The maximum atomic E-state index is 13.0. The van der Waals surface area contributed by atoms with E-state index >= 15 is 0 Å². The number of thiophene rings is 1. The highest BCUT2D eigenvalue weighted by Crippen LogP contribution is 2.38. The number of aromatic nitrogens is 2. The Balaban J connectivity index is 1.50. The zero-order chi connectivity index (χ0) is 22.9. The lowest BCUT2D eigenvalue weighted by Gasteiger charge is -2.23. The number of amides is 1. The number of nitrogen functional groups attached to an aromatic ring is 1. The summed E-state index contributed by atoms with van der Waals surface area (Å²) in [5.41, 5.74) is 11.3. The first-order valence-corrected chi connectivity index (χ1v) is 12.4. The molecule has 0 saturated carbocycles. The van der Waals surface area contributed by atoms with Crippen molar-refractivity contribution in [3.63, 3.8) is 0 Å². The van der Waals surface area contributed by atoms with Gasteiger partial charge in [0.15, 0.2) is 6.23 Å². The zero-order valence-corrected chi connectivity index (χ0v) is 20.4. The second-order valence-electron chi connectivity index (χ2n) is 8.02. The fourth-order valence-electron chi connectivity index (χ4n) is 3.99. The minimum Gasteiger partial charge on any atom is -0.399 e. The second-order valence-corrected chi connectivity index (χ2v) is 9.72. The van der Waals surface area contributed by atoms with Gasteiger partial charge in [0.25, 0.3) is 5.91 Å². The van der Waals surface area contributed by atoms with Gasteiger partial charge in [-0.2, -0.15) is 16.4 Å².